The van der Waals surface area contributed by atoms with Crippen LogP contribution in [0.15, 0.2) is 18.2 Å². The molecule has 2 nitrogen and oxygen atoms in total. The van der Waals surface area contributed by atoms with Gasteiger partial charge in [-0.3, -0.25) is 4.90 Å². The Morgan fingerprint density at radius 2 is 1.90 bits per heavy atom. The smallest absolute Gasteiger partial charge is 0.123 e. The number of likely N-dealkylation sites (tertiary alicyclic amines) is 1. The van der Waals surface area contributed by atoms with Gasteiger partial charge in [0.15, 0.2) is 0 Å². The number of halogens is 1. The van der Waals surface area contributed by atoms with Gasteiger partial charge in [-0.1, -0.05) is 18.9 Å². The Balaban J connectivity index is 1.76. The molecule has 1 saturated heterocycles. The summed E-state index contributed by atoms with van der Waals surface area (Å²) in [5.74, 6) is 0.711. The van der Waals surface area contributed by atoms with E-state index in [4.69, 9.17) is 5.73 Å². The average molecular weight is 276 g/mol. The van der Waals surface area contributed by atoms with Crippen molar-refractivity contribution in [3.8, 4) is 0 Å². The van der Waals surface area contributed by atoms with Crippen molar-refractivity contribution >= 4 is 0 Å². The van der Waals surface area contributed by atoms with Crippen LogP contribution in [0.4, 0.5) is 4.39 Å². The normalized spacial score (nSPS) is 27.3. The van der Waals surface area contributed by atoms with Gasteiger partial charge in [-0.05, 0) is 61.4 Å². The second kappa shape index (κ2) is 6.23. The fourth-order valence-corrected chi connectivity index (χ4v) is 4.08. The predicted molar refractivity (Wildman–Crippen MR) is 79.7 cm³/mol. The van der Waals surface area contributed by atoms with Gasteiger partial charge >= 0.3 is 0 Å². The number of nitrogens with two attached hydrogens (primary N) is 1. The first-order valence-corrected chi connectivity index (χ1v) is 7.99. The van der Waals surface area contributed by atoms with Gasteiger partial charge in [0.25, 0.3) is 0 Å². The second-order valence-electron chi connectivity index (χ2n) is 6.34. The molecule has 2 unspecified atom stereocenters. The van der Waals surface area contributed by atoms with E-state index in [1.807, 2.05) is 6.07 Å². The van der Waals surface area contributed by atoms with E-state index < -0.39 is 0 Å². The zero-order chi connectivity index (χ0) is 13.9. The monoisotopic (exact) mass is 276 g/mol. The number of piperidine rings is 1. The minimum absolute atomic E-state index is 0.177. The molecule has 0 spiro atoms. The lowest BCUT2D eigenvalue weighted by Crippen LogP contribution is -2.46. The highest BCUT2D eigenvalue weighted by Crippen LogP contribution is 2.36. The van der Waals surface area contributed by atoms with Crippen molar-refractivity contribution in [1.29, 1.82) is 0 Å². The number of rotatable bonds is 3. The molecule has 3 heteroatoms. The Labute approximate surface area is 121 Å². The van der Waals surface area contributed by atoms with Crippen molar-refractivity contribution in [2.24, 2.45) is 11.7 Å². The summed E-state index contributed by atoms with van der Waals surface area (Å²) < 4.78 is 13.3. The van der Waals surface area contributed by atoms with Crippen molar-refractivity contribution < 1.29 is 4.39 Å². The standard InChI is InChI=1S/C17H25FN2/c18-16-8-7-14(15(10-16)11-19)12-20-9-3-5-13-4-1-2-6-17(13)20/h7-8,10,13,17H,1-6,9,11-12,19H2. The minimum Gasteiger partial charge on any atom is -0.326 e. The number of hydrogen-bond acceptors (Lipinski definition) is 2. The zero-order valence-corrected chi connectivity index (χ0v) is 12.2. The van der Waals surface area contributed by atoms with Gasteiger partial charge in [0.1, 0.15) is 5.82 Å². The van der Waals surface area contributed by atoms with Crippen LogP contribution in [0.25, 0.3) is 0 Å². The zero-order valence-electron chi connectivity index (χ0n) is 12.2. The number of fused-ring (bicyclic) bond motifs is 1. The van der Waals surface area contributed by atoms with Gasteiger partial charge in [0, 0.05) is 19.1 Å². The molecule has 0 bridgehead atoms. The van der Waals surface area contributed by atoms with Crippen LogP contribution < -0.4 is 5.73 Å². The molecular weight excluding hydrogens is 251 g/mol. The van der Waals surface area contributed by atoms with E-state index in [2.05, 4.69) is 4.90 Å². The fourth-order valence-electron chi connectivity index (χ4n) is 4.08. The lowest BCUT2D eigenvalue weighted by Gasteiger charge is -2.44. The molecule has 0 amide bonds. The summed E-state index contributed by atoms with van der Waals surface area (Å²) in [6, 6.07) is 5.83. The van der Waals surface area contributed by atoms with Crippen LogP contribution >= 0.6 is 0 Å². The van der Waals surface area contributed by atoms with Gasteiger partial charge in [0.05, 0.1) is 0 Å². The quantitative estimate of drug-likeness (QED) is 0.916. The first-order chi connectivity index (χ1) is 9.78. The van der Waals surface area contributed by atoms with E-state index in [0.29, 0.717) is 6.54 Å². The van der Waals surface area contributed by atoms with Crippen molar-refractivity contribution in [1.82, 2.24) is 4.90 Å². The van der Waals surface area contributed by atoms with Crippen LogP contribution in [-0.2, 0) is 13.1 Å². The fraction of sp³-hybridized carbons (Fsp3) is 0.647. The summed E-state index contributed by atoms with van der Waals surface area (Å²) in [7, 11) is 0. The number of nitrogens with zero attached hydrogens (tertiary/aromatic N) is 1. The average Bonchev–Trinajstić information content (AvgIpc) is 2.49. The molecule has 2 fully saturated rings. The molecule has 20 heavy (non-hydrogen) atoms. The maximum Gasteiger partial charge on any atom is 0.123 e. The number of hydrogen-bond donors (Lipinski definition) is 1. The lowest BCUT2D eigenvalue weighted by molar-refractivity contribution is 0.0545. The number of benzene rings is 1. The molecule has 0 radical (unpaired) electrons. The second-order valence-corrected chi connectivity index (χ2v) is 6.34. The maximum atomic E-state index is 13.3. The molecule has 2 aliphatic rings. The van der Waals surface area contributed by atoms with Gasteiger partial charge in [0.2, 0.25) is 0 Å². The van der Waals surface area contributed by atoms with Crippen molar-refractivity contribution in [3.63, 3.8) is 0 Å². The summed E-state index contributed by atoms with van der Waals surface area (Å²) in [6.07, 6.45) is 8.21. The molecular formula is C17H25FN2. The molecule has 110 valence electrons. The highest BCUT2D eigenvalue weighted by Gasteiger charge is 2.33. The molecule has 1 aromatic carbocycles. The third-order valence-electron chi connectivity index (χ3n) is 5.12. The Morgan fingerprint density at radius 3 is 2.75 bits per heavy atom. The van der Waals surface area contributed by atoms with Crippen LogP contribution in [0.2, 0.25) is 0 Å². The van der Waals surface area contributed by atoms with Gasteiger partial charge in [-0.2, -0.15) is 0 Å². The van der Waals surface area contributed by atoms with Crippen molar-refractivity contribution in [2.75, 3.05) is 6.54 Å². The Hall–Kier alpha value is -0.930. The van der Waals surface area contributed by atoms with Gasteiger partial charge < -0.3 is 5.73 Å². The minimum atomic E-state index is -0.177. The molecule has 1 saturated carbocycles. The van der Waals surface area contributed by atoms with E-state index >= 15 is 0 Å². The van der Waals surface area contributed by atoms with Crippen LogP contribution in [0.5, 0.6) is 0 Å². The first-order valence-electron chi connectivity index (χ1n) is 7.99. The van der Waals surface area contributed by atoms with Crippen LogP contribution in [0.1, 0.15) is 49.7 Å². The van der Waals surface area contributed by atoms with E-state index in [0.717, 1.165) is 24.1 Å². The SMILES string of the molecule is NCc1cc(F)ccc1CN1CCCC2CCCCC21. The lowest BCUT2D eigenvalue weighted by atomic mass is 9.78. The molecule has 1 aliphatic carbocycles. The topological polar surface area (TPSA) is 29.3 Å². The van der Waals surface area contributed by atoms with Gasteiger partial charge in [-0.15, -0.1) is 0 Å². The largest absolute Gasteiger partial charge is 0.326 e. The van der Waals surface area contributed by atoms with Crippen LogP contribution in [0.3, 0.4) is 0 Å². The van der Waals surface area contributed by atoms with Crippen LogP contribution in [-0.4, -0.2) is 17.5 Å². The molecule has 1 heterocycles. The van der Waals surface area contributed by atoms with E-state index in [9.17, 15) is 4.39 Å². The van der Waals surface area contributed by atoms with E-state index in [1.165, 1.54) is 50.6 Å². The maximum absolute atomic E-state index is 13.3. The Bertz CT molecular complexity index is 458. The van der Waals surface area contributed by atoms with Gasteiger partial charge in [-0.25, -0.2) is 4.39 Å². The predicted octanol–water partition coefficient (Wildman–Crippen LogP) is 3.44. The summed E-state index contributed by atoms with van der Waals surface area (Å²) in [4.78, 5) is 2.62. The van der Waals surface area contributed by atoms with Crippen molar-refractivity contribution in [3.05, 3.63) is 35.1 Å². The summed E-state index contributed by atoms with van der Waals surface area (Å²) in [6.45, 7) is 2.55. The Kier molecular flexibility index (Phi) is 4.37. The first kappa shape index (κ1) is 14.0. The van der Waals surface area contributed by atoms with E-state index in [-0.39, 0.29) is 5.82 Å². The summed E-state index contributed by atoms with van der Waals surface area (Å²) >= 11 is 0. The molecule has 1 aliphatic heterocycles. The molecule has 1 aromatic rings. The van der Waals surface area contributed by atoms with E-state index in [1.54, 1.807) is 12.1 Å². The summed E-state index contributed by atoms with van der Waals surface area (Å²) in [5.41, 5.74) is 7.94. The molecule has 0 aromatic heterocycles. The summed E-state index contributed by atoms with van der Waals surface area (Å²) in [5, 5.41) is 0. The highest BCUT2D eigenvalue weighted by molar-refractivity contribution is 5.28. The molecule has 2 atom stereocenters. The molecule has 3 rings (SSSR count). The highest BCUT2D eigenvalue weighted by atomic mass is 19.1. The third-order valence-corrected chi connectivity index (χ3v) is 5.12. The van der Waals surface area contributed by atoms with Crippen LogP contribution in [0, 0.1) is 11.7 Å². The Morgan fingerprint density at radius 1 is 1.10 bits per heavy atom. The molecule has 2 N–H and O–H groups in total. The third kappa shape index (κ3) is 2.89. The van der Waals surface area contributed by atoms with Crippen molar-refractivity contribution in [2.45, 2.75) is 57.7 Å².